The van der Waals surface area contributed by atoms with Crippen LogP contribution in [-0.2, 0) is 14.2 Å². The molecule has 2 aromatic rings. The second-order valence-corrected chi connectivity index (χ2v) is 7.71. The summed E-state index contributed by atoms with van der Waals surface area (Å²) in [7, 11) is 0. The predicted octanol–water partition coefficient (Wildman–Crippen LogP) is 3.07. The number of carbonyl (C=O) groups excluding carboxylic acids is 2. The Labute approximate surface area is 173 Å². The maximum absolute atomic E-state index is 12.5. The largest absolute Gasteiger partial charge is 0.461 e. The fourth-order valence-corrected chi connectivity index (χ4v) is 4.18. The van der Waals surface area contributed by atoms with Gasteiger partial charge in [0.05, 0.1) is 23.0 Å². The molecule has 1 aliphatic heterocycles. The summed E-state index contributed by atoms with van der Waals surface area (Å²) in [5.41, 5.74) is -0.112. The third kappa shape index (κ3) is 5.47. The number of benzene rings is 2. The topological polar surface area (TPSA) is 82.1 Å². The molecule has 6 nitrogen and oxygen atoms in total. The number of esters is 2. The summed E-state index contributed by atoms with van der Waals surface area (Å²) in [5.74, 6) is -1.01. The monoisotopic (exact) mass is 414 g/mol. The van der Waals surface area contributed by atoms with E-state index in [1.807, 2.05) is 0 Å². The molecule has 0 aliphatic carbocycles. The Kier molecular flexibility index (Phi) is 7.46. The number of rotatable bonds is 8. The van der Waals surface area contributed by atoms with E-state index >= 15 is 0 Å². The van der Waals surface area contributed by atoms with Crippen molar-refractivity contribution in [3.63, 3.8) is 0 Å². The zero-order chi connectivity index (χ0) is 20.6. The lowest BCUT2D eigenvalue weighted by Gasteiger charge is -2.24. The van der Waals surface area contributed by atoms with Gasteiger partial charge < -0.3 is 19.3 Å². The molecular formula is C22H22O6S. The third-order valence-electron chi connectivity index (χ3n) is 4.33. The van der Waals surface area contributed by atoms with Gasteiger partial charge in [0.1, 0.15) is 24.3 Å². The lowest BCUT2D eigenvalue weighted by Crippen LogP contribution is -2.40. The number of carbonyl (C=O) groups is 2. The number of hydrogen-bond donors (Lipinski definition) is 1. The first-order valence-electron chi connectivity index (χ1n) is 9.14. The second-order valence-electron chi connectivity index (χ2n) is 6.35. The van der Waals surface area contributed by atoms with Crippen molar-refractivity contribution in [2.75, 3.05) is 13.2 Å². The van der Waals surface area contributed by atoms with E-state index in [4.69, 9.17) is 14.2 Å². The lowest BCUT2D eigenvalue weighted by molar-refractivity contribution is -0.0685. The second kappa shape index (κ2) is 10.2. The van der Waals surface area contributed by atoms with Crippen LogP contribution in [0.1, 0.15) is 20.7 Å². The summed E-state index contributed by atoms with van der Waals surface area (Å²) >= 11 is 1.15. The predicted molar refractivity (Wildman–Crippen MR) is 110 cm³/mol. The first kappa shape index (κ1) is 21.1. The highest BCUT2D eigenvalue weighted by atomic mass is 32.2. The Morgan fingerprint density at radius 1 is 0.966 bits per heavy atom. The maximum Gasteiger partial charge on any atom is 0.338 e. The van der Waals surface area contributed by atoms with Gasteiger partial charge in [0.15, 0.2) is 0 Å². The van der Waals surface area contributed by atoms with Gasteiger partial charge >= 0.3 is 11.9 Å². The Morgan fingerprint density at radius 2 is 1.55 bits per heavy atom. The molecule has 29 heavy (non-hydrogen) atoms. The fourth-order valence-electron chi connectivity index (χ4n) is 2.92. The van der Waals surface area contributed by atoms with Crippen LogP contribution in [0, 0.1) is 0 Å². The van der Waals surface area contributed by atoms with Gasteiger partial charge in [-0.15, -0.1) is 18.3 Å². The van der Waals surface area contributed by atoms with Gasteiger partial charge in [-0.1, -0.05) is 42.5 Å². The summed E-state index contributed by atoms with van der Waals surface area (Å²) in [6.45, 7) is 3.76. The Hall–Kier alpha value is -2.61. The number of hydrogen-bond acceptors (Lipinski definition) is 7. The zero-order valence-corrected chi connectivity index (χ0v) is 16.5. The van der Waals surface area contributed by atoms with Gasteiger partial charge in [-0.25, -0.2) is 9.59 Å². The number of aliphatic hydroxyl groups is 1. The van der Waals surface area contributed by atoms with Crippen molar-refractivity contribution < 1.29 is 28.9 Å². The maximum atomic E-state index is 12.5. The molecule has 0 bridgehead atoms. The molecule has 1 saturated heterocycles. The van der Waals surface area contributed by atoms with Crippen LogP contribution < -0.4 is 0 Å². The summed E-state index contributed by atoms with van der Waals surface area (Å²) in [4.78, 5) is 24.8. The van der Waals surface area contributed by atoms with Crippen molar-refractivity contribution in [2.45, 2.75) is 22.9 Å². The molecule has 3 rings (SSSR count). The molecule has 1 aliphatic rings. The van der Waals surface area contributed by atoms with Crippen LogP contribution in [0.25, 0.3) is 0 Å². The molecule has 0 saturated carbocycles. The Balaban J connectivity index is 1.70. The molecule has 152 valence electrons. The van der Waals surface area contributed by atoms with Gasteiger partial charge in [-0.05, 0) is 24.3 Å². The first-order chi connectivity index (χ1) is 14.1. The van der Waals surface area contributed by atoms with Crippen molar-refractivity contribution >= 4 is 23.7 Å². The summed E-state index contributed by atoms with van der Waals surface area (Å²) in [6, 6.07) is 17.2. The van der Waals surface area contributed by atoms with Crippen LogP contribution in [0.4, 0.5) is 0 Å². The highest BCUT2D eigenvalue weighted by Crippen LogP contribution is 2.37. The van der Waals surface area contributed by atoms with Gasteiger partial charge in [0.25, 0.3) is 0 Å². The summed E-state index contributed by atoms with van der Waals surface area (Å²) in [6.07, 6.45) is 0.00766. The van der Waals surface area contributed by atoms with E-state index in [9.17, 15) is 14.7 Å². The normalized spacial score (nSPS) is 23.3. The number of thioether (sulfide) groups is 1. The standard InChI is InChI=1S/C22H22O6S/c1-2-13-26-19-18(28-21(24)16-11-7-4-8-12-16)17(29-22(19)25)14-27-20(23)15-9-5-3-6-10-15/h2-12,17-19,22,25H,1,13-14H2/t17-,18+,19-,22?/m0/s1. The Bertz CT molecular complexity index is 826. The van der Waals surface area contributed by atoms with Crippen LogP contribution in [0.5, 0.6) is 0 Å². The molecule has 4 atom stereocenters. The van der Waals surface area contributed by atoms with Gasteiger partial charge in [0.2, 0.25) is 0 Å². The van der Waals surface area contributed by atoms with E-state index < -0.39 is 34.8 Å². The fraction of sp³-hybridized carbons (Fsp3) is 0.273. The van der Waals surface area contributed by atoms with E-state index in [-0.39, 0.29) is 13.2 Å². The molecule has 7 heteroatoms. The molecule has 2 aromatic carbocycles. The SMILES string of the molecule is C=CCO[C@@H]1C(O)S[C@@H](COC(=O)c2ccccc2)[C@H]1OC(=O)c1ccccc1. The minimum atomic E-state index is -0.927. The van der Waals surface area contributed by atoms with E-state index in [2.05, 4.69) is 6.58 Å². The van der Waals surface area contributed by atoms with Crippen LogP contribution in [-0.4, -0.2) is 53.2 Å². The molecule has 1 heterocycles. The highest BCUT2D eigenvalue weighted by molar-refractivity contribution is 8.00. The molecule has 0 radical (unpaired) electrons. The highest BCUT2D eigenvalue weighted by Gasteiger charge is 2.47. The van der Waals surface area contributed by atoms with Crippen molar-refractivity contribution in [2.24, 2.45) is 0 Å². The first-order valence-corrected chi connectivity index (χ1v) is 10.1. The van der Waals surface area contributed by atoms with E-state index in [1.54, 1.807) is 66.7 Å². The smallest absolute Gasteiger partial charge is 0.338 e. The number of aliphatic hydroxyl groups excluding tert-OH is 1. The summed E-state index contributed by atoms with van der Waals surface area (Å²) < 4.78 is 16.7. The van der Waals surface area contributed by atoms with Crippen LogP contribution in [0.3, 0.4) is 0 Å². The minimum Gasteiger partial charge on any atom is -0.461 e. The molecule has 0 amide bonds. The van der Waals surface area contributed by atoms with E-state index in [0.29, 0.717) is 11.1 Å². The van der Waals surface area contributed by atoms with E-state index in [1.165, 1.54) is 0 Å². The number of ether oxygens (including phenoxy) is 3. The molecule has 1 fully saturated rings. The molecule has 0 aromatic heterocycles. The lowest BCUT2D eigenvalue weighted by atomic mass is 10.1. The third-order valence-corrected chi connectivity index (χ3v) is 5.63. The van der Waals surface area contributed by atoms with Crippen molar-refractivity contribution in [1.29, 1.82) is 0 Å². The van der Waals surface area contributed by atoms with Crippen LogP contribution in [0.2, 0.25) is 0 Å². The van der Waals surface area contributed by atoms with Crippen molar-refractivity contribution in [1.82, 2.24) is 0 Å². The van der Waals surface area contributed by atoms with Crippen molar-refractivity contribution in [3.8, 4) is 0 Å². The van der Waals surface area contributed by atoms with E-state index in [0.717, 1.165) is 11.8 Å². The Morgan fingerprint density at radius 3 is 2.14 bits per heavy atom. The molecule has 1 N–H and O–H groups in total. The summed E-state index contributed by atoms with van der Waals surface area (Å²) in [5, 5.41) is 9.92. The van der Waals surface area contributed by atoms with Gasteiger partial charge in [-0.2, -0.15) is 0 Å². The zero-order valence-electron chi connectivity index (χ0n) is 15.7. The van der Waals surface area contributed by atoms with Gasteiger partial charge in [-0.3, -0.25) is 0 Å². The average Bonchev–Trinajstić information content (AvgIpc) is 3.05. The molecule has 1 unspecified atom stereocenters. The van der Waals surface area contributed by atoms with Crippen molar-refractivity contribution in [3.05, 3.63) is 84.4 Å². The average molecular weight is 414 g/mol. The molecule has 0 spiro atoms. The van der Waals surface area contributed by atoms with Gasteiger partial charge in [0, 0.05) is 0 Å². The molecular weight excluding hydrogens is 392 g/mol. The van der Waals surface area contributed by atoms with Crippen LogP contribution in [0.15, 0.2) is 73.3 Å². The van der Waals surface area contributed by atoms with Crippen LogP contribution >= 0.6 is 11.8 Å². The quantitative estimate of drug-likeness (QED) is 0.525. The minimum absolute atomic E-state index is 0.0316.